The molecule has 0 aliphatic carbocycles. The average Bonchev–Trinajstić information content (AvgIpc) is 3.25. The SMILES string of the molecule is O=C(CCl)N1CCN(c2ccc(-c3nc(-c4ccc(N5CCN(C(=O)CCl)CC5)cc4)nc(-c4ccc(N5CCN(C(=O)CCl)CC5)cc4)n3)cc2)CC1. The third-order valence-corrected chi connectivity index (χ3v) is 11.0. The fraction of sp³-hybridized carbons (Fsp3) is 0.385. The van der Waals surface area contributed by atoms with Gasteiger partial charge in [-0.15, -0.1) is 34.8 Å². The molecule has 0 spiro atoms. The van der Waals surface area contributed by atoms with Gasteiger partial charge in [0.05, 0.1) is 0 Å². The Balaban J connectivity index is 1.13. The zero-order chi connectivity index (χ0) is 37.6. The molecule has 0 bridgehead atoms. The van der Waals surface area contributed by atoms with E-state index >= 15 is 0 Å². The van der Waals surface area contributed by atoms with Crippen molar-refractivity contribution in [2.45, 2.75) is 0 Å². The van der Waals surface area contributed by atoms with Crippen LogP contribution in [0.25, 0.3) is 34.2 Å². The molecule has 7 rings (SSSR count). The summed E-state index contributed by atoms with van der Waals surface area (Å²) in [7, 11) is 0. The standard InChI is InChI=1S/C39H42Cl3N9O3/c40-25-34(52)49-19-13-46(14-20-49)31-7-1-28(2-8-31)37-43-38(29-3-9-32(10-4-29)47-15-21-50(22-16-47)35(53)26-41)45-39(44-37)30-5-11-33(12-6-30)48-17-23-51(24-18-48)36(54)27-42/h1-12H,13-27H2. The summed E-state index contributed by atoms with van der Waals surface area (Å²) in [6.45, 7) is 8.22. The van der Waals surface area contributed by atoms with Crippen LogP contribution in [-0.2, 0) is 14.4 Å². The summed E-state index contributed by atoms with van der Waals surface area (Å²) in [4.78, 5) is 63.3. The normalized spacial score (nSPS) is 16.5. The second-order valence-corrected chi connectivity index (χ2v) is 14.3. The maximum Gasteiger partial charge on any atom is 0.237 e. The maximum atomic E-state index is 12.1. The van der Waals surface area contributed by atoms with Crippen molar-refractivity contribution in [1.29, 1.82) is 0 Å². The number of alkyl halides is 3. The van der Waals surface area contributed by atoms with E-state index in [0.29, 0.717) is 56.7 Å². The van der Waals surface area contributed by atoms with E-state index in [9.17, 15) is 14.4 Å². The third-order valence-electron chi connectivity index (χ3n) is 10.3. The summed E-state index contributed by atoms with van der Waals surface area (Å²) in [5.74, 6) is 1.60. The van der Waals surface area contributed by atoms with Crippen LogP contribution < -0.4 is 14.7 Å². The van der Waals surface area contributed by atoms with Crippen LogP contribution in [0.3, 0.4) is 0 Å². The number of anilines is 3. The predicted molar refractivity (Wildman–Crippen MR) is 215 cm³/mol. The Hall–Kier alpha value is -4.65. The van der Waals surface area contributed by atoms with E-state index in [-0.39, 0.29) is 35.4 Å². The van der Waals surface area contributed by atoms with Gasteiger partial charge in [-0.3, -0.25) is 14.4 Å². The molecular weight excluding hydrogens is 749 g/mol. The van der Waals surface area contributed by atoms with Crippen molar-refractivity contribution in [3.05, 3.63) is 72.8 Å². The Morgan fingerprint density at radius 3 is 0.815 bits per heavy atom. The van der Waals surface area contributed by atoms with Crippen LogP contribution >= 0.6 is 34.8 Å². The number of halogens is 3. The molecule has 0 unspecified atom stereocenters. The van der Waals surface area contributed by atoms with E-state index in [0.717, 1.165) is 73.0 Å². The van der Waals surface area contributed by atoms with E-state index in [1.807, 2.05) is 36.4 Å². The highest BCUT2D eigenvalue weighted by Crippen LogP contribution is 2.29. The summed E-state index contributed by atoms with van der Waals surface area (Å²) in [5, 5.41) is 0. The summed E-state index contributed by atoms with van der Waals surface area (Å²) in [6.07, 6.45) is 0. The van der Waals surface area contributed by atoms with Gasteiger partial charge in [0.25, 0.3) is 0 Å². The monoisotopic (exact) mass is 789 g/mol. The summed E-state index contributed by atoms with van der Waals surface area (Å²) in [5.41, 5.74) is 5.79. The van der Waals surface area contributed by atoms with E-state index in [4.69, 9.17) is 49.8 Å². The highest BCUT2D eigenvalue weighted by molar-refractivity contribution is 6.27. The number of piperazine rings is 3. The highest BCUT2D eigenvalue weighted by Gasteiger charge is 2.24. The Labute approximate surface area is 330 Å². The first-order chi connectivity index (χ1) is 26.3. The molecule has 1 aromatic heterocycles. The van der Waals surface area contributed by atoms with Crippen LogP contribution in [0.5, 0.6) is 0 Å². The summed E-state index contributed by atoms with van der Waals surface area (Å²) in [6, 6.07) is 24.6. The molecule has 0 atom stereocenters. The van der Waals surface area contributed by atoms with Gasteiger partial charge >= 0.3 is 0 Å². The van der Waals surface area contributed by atoms with Gasteiger partial charge in [0.2, 0.25) is 17.7 Å². The average molecular weight is 791 g/mol. The Morgan fingerprint density at radius 1 is 0.389 bits per heavy atom. The van der Waals surface area contributed by atoms with Crippen molar-refractivity contribution in [1.82, 2.24) is 29.7 Å². The number of carbonyl (C=O) groups is 3. The molecule has 3 fully saturated rings. The maximum absolute atomic E-state index is 12.1. The first-order valence-corrected chi connectivity index (χ1v) is 19.8. The number of aromatic nitrogens is 3. The second kappa shape index (κ2) is 17.2. The summed E-state index contributed by atoms with van der Waals surface area (Å²) < 4.78 is 0. The number of hydrogen-bond donors (Lipinski definition) is 0. The van der Waals surface area contributed by atoms with Gasteiger partial charge in [-0.2, -0.15) is 0 Å². The third kappa shape index (κ3) is 8.51. The van der Waals surface area contributed by atoms with Crippen molar-refractivity contribution < 1.29 is 14.4 Å². The number of nitrogens with zero attached hydrogens (tertiary/aromatic N) is 9. The van der Waals surface area contributed by atoms with E-state index in [1.54, 1.807) is 14.7 Å². The van der Waals surface area contributed by atoms with Crippen molar-refractivity contribution in [3.8, 4) is 34.2 Å². The Bertz CT molecular complexity index is 1690. The lowest BCUT2D eigenvalue weighted by Crippen LogP contribution is -2.49. The topological polar surface area (TPSA) is 109 Å². The largest absolute Gasteiger partial charge is 0.368 e. The van der Waals surface area contributed by atoms with Crippen molar-refractivity contribution in [3.63, 3.8) is 0 Å². The Morgan fingerprint density at radius 2 is 0.611 bits per heavy atom. The van der Waals surface area contributed by atoms with Gasteiger partial charge in [0.15, 0.2) is 17.5 Å². The van der Waals surface area contributed by atoms with Gasteiger partial charge in [0.1, 0.15) is 17.6 Å². The second-order valence-electron chi connectivity index (χ2n) is 13.5. The fourth-order valence-corrected chi connectivity index (χ4v) is 7.63. The first-order valence-electron chi connectivity index (χ1n) is 18.2. The minimum absolute atomic E-state index is 0.00467. The number of amides is 3. The zero-order valence-corrected chi connectivity index (χ0v) is 32.2. The number of rotatable bonds is 9. The smallest absolute Gasteiger partial charge is 0.237 e. The quantitative estimate of drug-likeness (QED) is 0.226. The van der Waals surface area contributed by atoms with E-state index in [2.05, 4.69) is 51.1 Å². The van der Waals surface area contributed by atoms with Crippen LogP contribution in [0, 0.1) is 0 Å². The van der Waals surface area contributed by atoms with Gasteiger partial charge in [-0.05, 0) is 72.8 Å². The van der Waals surface area contributed by atoms with Crippen LogP contribution in [0.4, 0.5) is 17.1 Å². The molecule has 3 amide bonds. The molecule has 54 heavy (non-hydrogen) atoms. The molecule has 12 nitrogen and oxygen atoms in total. The van der Waals surface area contributed by atoms with Gasteiger partial charge < -0.3 is 29.4 Å². The van der Waals surface area contributed by atoms with Gasteiger partial charge in [0, 0.05) is 112 Å². The van der Waals surface area contributed by atoms with E-state index in [1.165, 1.54) is 0 Å². The van der Waals surface area contributed by atoms with Crippen molar-refractivity contribution >= 4 is 69.6 Å². The molecule has 282 valence electrons. The molecule has 4 heterocycles. The number of hydrogen-bond acceptors (Lipinski definition) is 9. The summed E-state index contributed by atoms with van der Waals surface area (Å²) >= 11 is 17.3. The van der Waals surface area contributed by atoms with Crippen LogP contribution in [0.2, 0.25) is 0 Å². The first kappa shape index (κ1) is 37.7. The molecule has 3 saturated heterocycles. The highest BCUT2D eigenvalue weighted by atomic mass is 35.5. The Kier molecular flexibility index (Phi) is 12.0. The van der Waals surface area contributed by atoms with Crippen molar-refractivity contribution in [2.24, 2.45) is 0 Å². The molecule has 4 aromatic rings. The molecule has 15 heteroatoms. The predicted octanol–water partition coefficient (Wildman–Crippen LogP) is 4.53. The zero-order valence-electron chi connectivity index (χ0n) is 29.9. The lowest BCUT2D eigenvalue weighted by atomic mass is 10.1. The molecule has 0 N–H and O–H groups in total. The van der Waals surface area contributed by atoms with E-state index < -0.39 is 0 Å². The molecule has 3 aromatic carbocycles. The fourth-order valence-electron chi connectivity index (χ4n) is 7.12. The van der Waals surface area contributed by atoms with Crippen LogP contribution in [-0.4, -0.2) is 144 Å². The minimum atomic E-state index is -0.0327. The van der Waals surface area contributed by atoms with Crippen LogP contribution in [0.15, 0.2) is 72.8 Å². The number of carbonyl (C=O) groups excluding carboxylic acids is 3. The van der Waals surface area contributed by atoms with Gasteiger partial charge in [-0.25, -0.2) is 15.0 Å². The lowest BCUT2D eigenvalue weighted by Gasteiger charge is -2.36. The number of benzene rings is 3. The molecule has 0 radical (unpaired) electrons. The minimum Gasteiger partial charge on any atom is -0.368 e. The molecular formula is C39H42Cl3N9O3. The van der Waals surface area contributed by atoms with Crippen molar-refractivity contribution in [2.75, 3.05) is 111 Å². The molecule has 0 saturated carbocycles. The molecule has 3 aliphatic heterocycles. The molecule has 3 aliphatic rings. The van der Waals surface area contributed by atoms with Gasteiger partial charge in [-0.1, -0.05) is 0 Å². The lowest BCUT2D eigenvalue weighted by molar-refractivity contribution is -0.129. The van der Waals surface area contributed by atoms with Crippen LogP contribution in [0.1, 0.15) is 0 Å².